The number of fused-ring (bicyclic) bond motifs is 1. The quantitative estimate of drug-likeness (QED) is 0.445. The van der Waals surface area contributed by atoms with Gasteiger partial charge in [-0.25, -0.2) is 8.42 Å². The highest BCUT2D eigenvalue weighted by Crippen LogP contribution is 2.38. The van der Waals surface area contributed by atoms with Gasteiger partial charge in [-0.1, -0.05) is 24.1 Å². The minimum Gasteiger partial charge on any atom is -0.411 e. The molecule has 0 N–H and O–H groups in total. The van der Waals surface area contributed by atoms with Gasteiger partial charge in [-0.05, 0) is 50.9 Å². The van der Waals surface area contributed by atoms with Crippen LogP contribution in [0.1, 0.15) is 32.1 Å². The summed E-state index contributed by atoms with van der Waals surface area (Å²) in [6, 6.07) is 0. The SMILES string of the molecule is C[Si](C)(C)O[C@@H]1C=CCC(/C=N/S(C)(=O)=O)=C2CCCC[C@@H]21. The number of allylic oxidation sites excluding steroid dienone is 2. The molecule has 1 fully saturated rings. The van der Waals surface area contributed by atoms with E-state index in [1.54, 1.807) is 6.21 Å². The summed E-state index contributed by atoms with van der Waals surface area (Å²) in [6.45, 7) is 6.64. The molecular formula is C16H27NO3SSi. The number of nitrogens with zero attached hydrogens (tertiary/aromatic N) is 1. The van der Waals surface area contributed by atoms with Gasteiger partial charge >= 0.3 is 0 Å². The highest BCUT2D eigenvalue weighted by molar-refractivity contribution is 7.89. The average Bonchev–Trinajstić information content (AvgIpc) is 2.54. The number of hydrogen-bond donors (Lipinski definition) is 0. The van der Waals surface area contributed by atoms with Crippen LogP contribution in [0.25, 0.3) is 0 Å². The molecule has 2 aliphatic carbocycles. The van der Waals surface area contributed by atoms with Gasteiger partial charge < -0.3 is 4.43 Å². The maximum atomic E-state index is 11.3. The Morgan fingerprint density at radius 2 is 2.05 bits per heavy atom. The fourth-order valence-electron chi connectivity index (χ4n) is 3.22. The maximum absolute atomic E-state index is 11.3. The van der Waals surface area contributed by atoms with Crippen LogP contribution in [-0.4, -0.2) is 35.3 Å². The van der Waals surface area contributed by atoms with Crippen molar-refractivity contribution in [2.75, 3.05) is 6.26 Å². The van der Waals surface area contributed by atoms with E-state index in [4.69, 9.17) is 4.43 Å². The summed E-state index contributed by atoms with van der Waals surface area (Å²) in [4.78, 5) is 0. The van der Waals surface area contributed by atoms with Crippen LogP contribution in [0.4, 0.5) is 0 Å². The van der Waals surface area contributed by atoms with Gasteiger partial charge in [0, 0.05) is 12.1 Å². The summed E-state index contributed by atoms with van der Waals surface area (Å²) in [5, 5.41) is 0. The number of sulfonamides is 1. The van der Waals surface area contributed by atoms with Crippen LogP contribution in [0.3, 0.4) is 0 Å². The summed E-state index contributed by atoms with van der Waals surface area (Å²) in [7, 11) is -4.95. The molecule has 2 rings (SSSR count). The van der Waals surface area contributed by atoms with E-state index in [9.17, 15) is 8.42 Å². The molecule has 0 saturated heterocycles. The van der Waals surface area contributed by atoms with Crippen LogP contribution in [0.5, 0.6) is 0 Å². The average molecular weight is 342 g/mol. The van der Waals surface area contributed by atoms with Gasteiger partial charge in [0.25, 0.3) is 0 Å². The zero-order chi connectivity index (χ0) is 16.4. The van der Waals surface area contributed by atoms with Gasteiger partial charge in [-0.15, -0.1) is 0 Å². The molecule has 124 valence electrons. The lowest BCUT2D eigenvalue weighted by molar-refractivity contribution is 0.172. The Labute approximate surface area is 135 Å². The van der Waals surface area contributed by atoms with Crippen LogP contribution in [0.15, 0.2) is 27.7 Å². The van der Waals surface area contributed by atoms with Crippen molar-refractivity contribution in [1.29, 1.82) is 0 Å². The monoisotopic (exact) mass is 341 g/mol. The first-order valence-electron chi connectivity index (χ1n) is 7.97. The Kier molecular flexibility index (Phi) is 5.45. The lowest BCUT2D eigenvalue weighted by Gasteiger charge is -2.35. The van der Waals surface area contributed by atoms with E-state index < -0.39 is 18.3 Å². The van der Waals surface area contributed by atoms with Crippen molar-refractivity contribution in [3.05, 3.63) is 23.3 Å². The first-order valence-corrected chi connectivity index (χ1v) is 13.2. The Bertz CT molecular complexity index is 599. The summed E-state index contributed by atoms with van der Waals surface area (Å²) >= 11 is 0. The molecule has 0 aromatic rings. The van der Waals surface area contributed by atoms with E-state index >= 15 is 0 Å². The zero-order valence-electron chi connectivity index (χ0n) is 14.0. The molecule has 22 heavy (non-hydrogen) atoms. The van der Waals surface area contributed by atoms with Gasteiger partial charge in [-0.3, -0.25) is 0 Å². The maximum Gasteiger partial charge on any atom is 0.250 e. The summed E-state index contributed by atoms with van der Waals surface area (Å²) < 4.78 is 32.7. The van der Waals surface area contributed by atoms with E-state index in [1.807, 2.05) is 0 Å². The van der Waals surface area contributed by atoms with Crippen LogP contribution in [0.2, 0.25) is 19.6 Å². The second-order valence-corrected chi connectivity index (χ2v) is 13.3. The van der Waals surface area contributed by atoms with Crippen molar-refractivity contribution in [1.82, 2.24) is 0 Å². The molecule has 2 atom stereocenters. The van der Waals surface area contributed by atoms with Gasteiger partial charge in [0.15, 0.2) is 8.32 Å². The lowest BCUT2D eigenvalue weighted by Crippen LogP contribution is -2.36. The minimum absolute atomic E-state index is 0.131. The third-order valence-corrected chi connectivity index (χ3v) is 5.49. The van der Waals surface area contributed by atoms with Crippen molar-refractivity contribution in [3.63, 3.8) is 0 Å². The molecule has 0 spiro atoms. The van der Waals surface area contributed by atoms with E-state index in [2.05, 4.69) is 36.2 Å². The summed E-state index contributed by atoms with van der Waals surface area (Å²) in [5.41, 5.74) is 2.42. The summed E-state index contributed by atoms with van der Waals surface area (Å²) in [5.74, 6) is 0.375. The third kappa shape index (κ3) is 5.17. The Balaban J connectivity index is 2.33. The molecule has 0 aliphatic heterocycles. The first-order chi connectivity index (χ1) is 10.2. The van der Waals surface area contributed by atoms with Crippen LogP contribution < -0.4 is 0 Å². The molecular weight excluding hydrogens is 314 g/mol. The lowest BCUT2D eigenvalue weighted by atomic mass is 9.79. The molecule has 0 radical (unpaired) electrons. The second-order valence-electron chi connectivity index (χ2n) is 7.20. The standard InChI is InChI=1S/C16H27NO3SSi/c1-21(18,19)17-12-13-8-7-11-16(20-22(2,3)4)15-10-6-5-9-14(13)15/h7,11-12,15-16H,5-6,8-10H2,1-4H3/b17-12+/t15-,16+/m0/s1. The normalized spacial score (nSPS) is 27.1. The highest BCUT2D eigenvalue weighted by atomic mass is 32.2. The predicted molar refractivity (Wildman–Crippen MR) is 94.3 cm³/mol. The molecule has 0 amide bonds. The number of rotatable bonds is 4. The van der Waals surface area contributed by atoms with Crippen molar-refractivity contribution in [2.45, 2.75) is 57.8 Å². The molecule has 2 aliphatic rings. The molecule has 0 aromatic heterocycles. The zero-order valence-corrected chi connectivity index (χ0v) is 15.8. The molecule has 1 saturated carbocycles. The van der Waals surface area contributed by atoms with Crippen LogP contribution >= 0.6 is 0 Å². The van der Waals surface area contributed by atoms with E-state index in [0.717, 1.165) is 31.1 Å². The van der Waals surface area contributed by atoms with Gasteiger partial charge in [0.2, 0.25) is 10.0 Å². The van der Waals surface area contributed by atoms with Crippen molar-refractivity contribution in [2.24, 2.45) is 10.3 Å². The van der Waals surface area contributed by atoms with E-state index in [1.165, 1.54) is 18.4 Å². The molecule has 0 unspecified atom stereocenters. The van der Waals surface area contributed by atoms with Crippen molar-refractivity contribution in [3.8, 4) is 0 Å². The van der Waals surface area contributed by atoms with Crippen molar-refractivity contribution < 1.29 is 12.8 Å². The Hall–Kier alpha value is -0.723. The van der Waals surface area contributed by atoms with Crippen LogP contribution in [-0.2, 0) is 14.4 Å². The van der Waals surface area contributed by atoms with Gasteiger partial charge in [0.1, 0.15) is 0 Å². The van der Waals surface area contributed by atoms with Gasteiger partial charge in [0.05, 0.1) is 12.4 Å². The molecule has 6 heteroatoms. The Morgan fingerprint density at radius 1 is 1.32 bits per heavy atom. The minimum atomic E-state index is -3.33. The first kappa shape index (κ1) is 17.6. The number of hydrogen-bond acceptors (Lipinski definition) is 3. The highest BCUT2D eigenvalue weighted by Gasteiger charge is 2.32. The molecule has 0 bridgehead atoms. The second kappa shape index (κ2) is 6.80. The van der Waals surface area contributed by atoms with E-state index in [-0.39, 0.29) is 6.10 Å². The summed E-state index contributed by atoms with van der Waals surface area (Å²) in [6.07, 6.45) is 12.4. The molecule has 0 heterocycles. The smallest absolute Gasteiger partial charge is 0.250 e. The fraction of sp³-hybridized carbons (Fsp3) is 0.688. The largest absolute Gasteiger partial charge is 0.411 e. The predicted octanol–water partition coefficient (Wildman–Crippen LogP) is 3.68. The van der Waals surface area contributed by atoms with Crippen LogP contribution in [0, 0.1) is 5.92 Å². The van der Waals surface area contributed by atoms with Gasteiger partial charge in [-0.2, -0.15) is 4.40 Å². The van der Waals surface area contributed by atoms with E-state index in [0.29, 0.717) is 5.92 Å². The molecule has 0 aromatic carbocycles. The molecule has 4 nitrogen and oxygen atoms in total. The Morgan fingerprint density at radius 3 is 2.68 bits per heavy atom. The van der Waals surface area contributed by atoms with Crippen molar-refractivity contribution >= 4 is 24.6 Å². The topological polar surface area (TPSA) is 55.7 Å². The fourth-order valence-corrected chi connectivity index (χ4v) is 4.60. The third-order valence-electron chi connectivity index (χ3n) is 4.02.